The van der Waals surface area contributed by atoms with Gasteiger partial charge in [0.1, 0.15) is 0 Å². The Balaban J connectivity index is 1.91. The maximum absolute atomic E-state index is 12.1. The molecule has 2 atom stereocenters. The first-order chi connectivity index (χ1) is 9.15. The Kier molecular flexibility index (Phi) is 4.14. The number of fused-ring (bicyclic) bond motifs is 1. The van der Waals surface area contributed by atoms with Crippen LogP contribution in [0, 0.1) is 11.8 Å². The Hall–Kier alpha value is -1.91. The van der Waals surface area contributed by atoms with Crippen LogP contribution < -0.4 is 5.32 Å². The summed E-state index contributed by atoms with van der Waals surface area (Å²) in [5.41, 5.74) is 0. The number of imide groups is 1. The molecular formula is C14H18N2O3. The summed E-state index contributed by atoms with van der Waals surface area (Å²) in [6.07, 6.45) is 6.91. The number of likely N-dealkylation sites (tertiary alicyclic amines) is 1. The van der Waals surface area contributed by atoms with E-state index in [0.29, 0.717) is 19.4 Å². The fourth-order valence-corrected chi connectivity index (χ4v) is 2.58. The molecule has 0 radical (unpaired) electrons. The van der Waals surface area contributed by atoms with Crippen molar-refractivity contribution in [3.8, 4) is 0 Å². The third kappa shape index (κ3) is 2.75. The number of nitrogens with zero attached hydrogens (tertiary/aromatic N) is 1. The average molecular weight is 262 g/mol. The molecule has 1 saturated heterocycles. The van der Waals surface area contributed by atoms with Gasteiger partial charge >= 0.3 is 0 Å². The van der Waals surface area contributed by atoms with E-state index in [4.69, 9.17) is 0 Å². The molecule has 0 aromatic rings. The van der Waals surface area contributed by atoms with Crippen LogP contribution in [-0.2, 0) is 14.4 Å². The van der Waals surface area contributed by atoms with E-state index in [9.17, 15) is 14.4 Å². The fraction of sp³-hybridized carbons (Fsp3) is 0.500. The molecule has 0 bridgehead atoms. The average Bonchev–Trinajstić information content (AvgIpc) is 2.67. The SMILES string of the molecule is C=CCNC(=O)CCN1C(=O)[C@@H]2CC=CC[C@H]2C1=O. The molecular weight excluding hydrogens is 244 g/mol. The molecule has 3 amide bonds. The predicted octanol–water partition coefficient (Wildman–Crippen LogP) is 0.630. The Bertz CT molecular complexity index is 416. The van der Waals surface area contributed by atoms with E-state index in [-0.39, 0.29) is 42.5 Å². The van der Waals surface area contributed by atoms with Gasteiger partial charge in [-0.05, 0) is 12.8 Å². The highest BCUT2D eigenvalue weighted by Crippen LogP contribution is 2.34. The molecule has 0 aromatic heterocycles. The summed E-state index contributed by atoms with van der Waals surface area (Å²) < 4.78 is 0. The van der Waals surface area contributed by atoms with Crippen LogP contribution in [0.15, 0.2) is 24.8 Å². The van der Waals surface area contributed by atoms with Gasteiger partial charge < -0.3 is 5.32 Å². The van der Waals surface area contributed by atoms with E-state index < -0.39 is 0 Å². The van der Waals surface area contributed by atoms with Crippen LogP contribution in [0.4, 0.5) is 0 Å². The number of hydrogen-bond acceptors (Lipinski definition) is 3. The molecule has 0 spiro atoms. The van der Waals surface area contributed by atoms with Gasteiger partial charge in [0.15, 0.2) is 0 Å². The van der Waals surface area contributed by atoms with Crippen molar-refractivity contribution in [3.63, 3.8) is 0 Å². The lowest BCUT2D eigenvalue weighted by atomic mass is 9.85. The van der Waals surface area contributed by atoms with Crippen LogP contribution in [0.5, 0.6) is 0 Å². The van der Waals surface area contributed by atoms with E-state index in [1.165, 1.54) is 4.90 Å². The number of amides is 3. The molecule has 1 aliphatic carbocycles. The molecule has 5 heteroatoms. The summed E-state index contributed by atoms with van der Waals surface area (Å²) >= 11 is 0. The molecule has 2 aliphatic rings. The van der Waals surface area contributed by atoms with Crippen LogP contribution >= 0.6 is 0 Å². The van der Waals surface area contributed by atoms with Gasteiger partial charge in [-0.3, -0.25) is 19.3 Å². The largest absolute Gasteiger partial charge is 0.353 e. The summed E-state index contributed by atoms with van der Waals surface area (Å²) in [5, 5.41) is 2.63. The van der Waals surface area contributed by atoms with Crippen LogP contribution in [0.3, 0.4) is 0 Å². The van der Waals surface area contributed by atoms with Crippen LogP contribution in [-0.4, -0.2) is 35.7 Å². The van der Waals surface area contributed by atoms with E-state index in [2.05, 4.69) is 11.9 Å². The highest BCUT2D eigenvalue weighted by molar-refractivity contribution is 6.05. The topological polar surface area (TPSA) is 66.5 Å². The minimum absolute atomic E-state index is 0.129. The van der Waals surface area contributed by atoms with Gasteiger partial charge in [0, 0.05) is 19.5 Å². The number of allylic oxidation sites excluding steroid dienone is 2. The Labute approximate surface area is 112 Å². The summed E-state index contributed by atoms with van der Waals surface area (Å²) in [6.45, 7) is 4.08. The van der Waals surface area contributed by atoms with E-state index in [1.807, 2.05) is 12.2 Å². The zero-order valence-corrected chi connectivity index (χ0v) is 10.8. The van der Waals surface area contributed by atoms with Crippen molar-refractivity contribution < 1.29 is 14.4 Å². The Morgan fingerprint density at radius 1 is 1.32 bits per heavy atom. The third-order valence-electron chi connectivity index (χ3n) is 3.60. The summed E-state index contributed by atoms with van der Waals surface area (Å²) in [4.78, 5) is 36.9. The van der Waals surface area contributed by atoms with Gasteiger partial charge in [0.2, 0.25) is 17.7 Å². The number of nitrogens with one attached hydrogen (secondary N) is 1. The summed E-state index contributed by atoms with van der Waals surface area (Å²) in [7, 11) is 0. The lowest BCUT2D eigenvalue weighted by Crippen LogP contribution is -2.35. The quantitative estimate of drug-likeness (QED) is 0.584. The van der Waals surface area contributed by atoms with E-state index in [1.54, 1.807) is 6.08 Å². The van der Waals surface area contributed by atoms with Crippen molar-refractivity contribution in [1.29, 1.82) is 0 Å². The Morgan fingerprint density at radius 3 is 2.42 bits per heavy atom. The maximum atomic E-state index is 12.1. The second-order valence-corrected chi connectivity index (χ2v) is 4.83. The summed E-state index contributed by atoms with van der Waals surface area (Å²) in [6, 6.07) is 0. The van der Waals surface area contributed by atoms with Gasteiger partial charge in [-0.25, -0.2) is 0 Å². The number of carbonyl (C=O) groups excluding carboxylic acids is 3. The molecule has 2 rings (SSSR count). The second kappa shape index (κ2) is 5.82. The smallest absolute Gasteiger partial charge is 0.233 e. The van der Waals surface area contributed by atoms with Crippen LogP contribution in [0.2, 0.25) is 0 Å². The van der Waals surface area contributed by atoms with E-state index >= 15 is 0 Å². The molecule has 1 heterocycles. The first-order valence-corrected chi connectivity index (χ1v) is 6.53. The van der Waals surface area contributed by atoms with Crippen molar-refractivity contribution in [1.82, 2.24) is 10.2 Å². The maximum Gasteiger partial charge on any atom is 0.233 e. The van der Waals surface area contributed by atoms with Crippen molar-refractivity contribution in [2.45, 2.75) is 19.3 Å². The zero-order valence-electron chi connectivity index (χ0n) is 10.8. The molecule has 0 saturated carbocycles. The molecule has 1 aliphatic heterocycles. The predicted molar refractivity (Wildman–Crippen MR) is 69.9 cm³/mol. The zero-order chi connectivity index (χ0) is 13.8. The molecule has 0 aromatic carbocycles. The highest BCUT2D eigenvalue weighted by Gasteiger charge is 2.46. The number of carbonyl (C=O) groups is 3. The normalized spacial score (nSPS) is 25.4. The molecule has 5 nitrogen and oxygen atoms in total. The van der Waals surface area contributed by atoms with Gasteiger partial charge in [0.25, 0.3) is 0 Å². The molecule has 1 N–H and O–H groups in total. The van der Waals surface area contributed by atoms with Crippen molar-refractivity contribution in [2.24, 2.45) is 11.8 Å². The minimum Gasteiger partial charge on any atom is -0.353 e. The van der Waals surface area contributed by atoms with Gasteiger partial charge in [-0.15, -0.1) is 6.58 Å². The van der Waals surface area contributed by atoms with Crippen LogP contribution in [0.1, 0.15) is 19.3 Å². The minimum atomic E-state index is -0.214. The molecule has 102 valence electrons. The lowest BCUT2D eigenvalue weighted by molar-refractivity contribution is -0.140. The molecule has 1 fully saturated rings. The first-order valence-electron chi connectivity index (χ1n) is 6.53. The third-order valence-corrected chi connectivity index (χ3v) is 3.60. The van der Waals surface area contributed by atoms with Gasteiger partial charge in [-0.2, -0.15) is 0 Å². The Morgan fingerprint density at radius 2 is 1.89 bits per heavy atom. The number of rotatable bonds is 5. The molecule has 0 unspecified atom stereocenters. The number of hydrogen-bond donors (Lipinski definition) is 1. The van der Waals surface area contributed by atoms with Crippen molar-refractivity contribution in [2.75, 3.05) is 13.1 Å². The van der Waals surface area contributed by atoms with E-state index in [0.717, 1.165) is 0 Å². The second-order valence-electron chi connectivity index (χ2n) is 4.83. The molecule has 19 heavy (non-hydrogen) atoms. The van der Waals surface area contributed by atoms with Crippen molar-refractivity contribution >= 4 is 17.7 Å². The van der Waals surface area contributed by atoms with Gasteiger partial charge in [-0.1, -0.05) is 18.2 Å². The van der Waals surface area contributed by atoms with Gasteiger partial charge in [0.05, 0.1) is 11.8 Å². The fourth-order valence-electron chi connectivity index (χ4n) is 2.58. The first kappa shape index (κ1) is 13.5. The highest BCUT2D eigenvalue weighted by atomic mass is 16.2. The monoisotopic (exact) mass is 262 g/mol. The standard InChI is InChI=1S/C14H18N2O3/c1-2-8-15-12(17)7-9-16-13(18)10-5-3-4-6-11(10)14(16)19/h2-4,10-11H,1,5-9H2,(H,15,17)/t10-,11-/m1/s1. The summed E-state index contributed by atoms with van der Waals surface area (Å²) in [5.74, 6) is -0.859. The lowest BCUT2D eigenvalue weighted by Gasteiger charge is -2.14. The van der Waals surface area contributed by atoms with Crippen molar-refractivity contribution in [3.05, 3.63) is 24.8 Å². The van der Waals surface area contributed by atoms with Crippen LogP contribution in [0.25, 0.3) is 0 Å².